The molecule has 0 spiro atoms. The molecule has 314 valence electrons. The van der Waals surface area contributed by atoms with E-state index in [1.807, 2.05) is 0 Å². The Balaban J connectivity index is 1.86. The van der Waals surface area contributed by atoms with Crippen molar-refractivity contribution >= 4 is 11.9 Å². The van der Waals surface area contributed by atoms with Crippen LogP contribution in [0.3, 0.4) is 0 Å². The van der Waals surface area contributed by atoms with E-state index < -0.39 is 6.10 Å². The zero-order chi connectivity index (χ0) is 39.2. The number of hydrogen-bond donors (Lipinski definition) is 1. The lowest BCUT2D eigenvalue weighted by atomic mass is 9.99. The lowest BCUT2D eigenvalue weighted by molar-refractivity contribution is -0.161. The Morgan fingerprint density at radius 2 is 1.13 bits per heavy atom. The van der Waals surface area contributed by atoms with Gasteiger partial charge in [0.2, 0.25) is 0 Å². The predicted molar refractivity (Wildman–Crippen MR) is 228 cm³/mol. The molecule has 0 aromatic carbocycles. The maximum Gasteiger partial charge on any atom is 0.306 e. The summed E-state index contributed by atoms with van der Waals surface area (Å²) in [6, 6.07) is 0. The SMILES string of the molecule is CCCCCC1OC1C/C=C\C/C=C\C/C=C\CCCC(=O)OC[C@H](CO)OC(=O)CCCCCCCCCCCCCCCCCCCCC(C)CC. The van der Waals surface area contributed by atoms with Crippen molar-refractivity contribution < 1.29 is 28.9 Å². The first-order valence-corrected chi connectivity index (χ1v) is 23.1. The molecule has 0 aromatic rings. The molecule has 0 radical (unpaired) electrons. The number of carbonyl (C=O) groups excluding carboxylic acids is 2. The number of unbranched alkanes of at least 4 members (excludes halogenated alkanes) is 20. The van der Waals surface area contributed by atoms with Gasteiger partial charge in [-0.05, 0) is 50.9 Å². The van der Waals surface area contributed by atoms with Gasteiger partial charge in [-0.2, -0.15) is 0 Å². The van der Waals surface area contributed by atoms with Gasteiger partial charge < -0.3 is 19.3 Å². The van der Waals surface area contributed by atoms with Gasteiger partial charge in [0.25, 0.3) is 0 Å². The van der Waals surface area contributed by atoms with Gasteiger partial charge in [-0.15, -0.1) is 0 Å². The molecule has 1 fully saturated rings. The van der Waals surface area contributed by atoms with Gasteiger partial charge in [0, 0.05) is 12.8 Å². The quantitative estimate of drug-likeness (QED) is 0.0290. The third-order valence-electron chi connectivity index (χ3n) is 10.9. The number of hydrogen-bond acceptors (Lipinski definition) is 6. The van der Waals surface area contributed by atoms with Gasteiger partial charge in [-0.1, -0.05) is 198 Å². The van der Waals surface area contributed by atoms with Gasteiger partial charge in [0.1, 0.15) is 6.61 Å². The lowest BCUT2D eigenvalue weighted by Gasteiger charge is -2.15. The number of allylic oxidation sites excluding steroid dienone is 5. The number of aliphatic hydroxyl groups is 1. The zero-order valence-electron chi connectivity index (χ0n) is 35.6. The topological polar surface area (TPSA) is 85.4 Å². The lowest BCUT2D eigenvalue weighted by Crippen LogP contribution is -2.28. The Labute approximate surface area is 333 Å². The number of carbonyl (C=O) groups is 2. The average Bonchev–Trinajstić information content (AvgIpc) is 3.93. The van der Waals surface area contributed by atoms with Crippen LogP contribution in [-0.4, -0.2) is 48.6 Å². The molecule has 1 saturated heterocycles. The number of aliphatic hydroxyl groups excluding tert-OH is 1. The molecule has 0 bridgehead atoms. The van der Waals surface area contributed by atoms with E-state index in [-0.39, 0.29) is 25.2 Å². The molecule has 1 aliphatic heterocycles. The number of esters is 2. The van der Waals surface area contributed by atoms with E-state index in [4.69, 9.17) is 14.2 Å². The Morgan fingerprint density at radius 3 is 1.69 bits per heavy atom. The minimum absolute atomic E-state index is 0.0950. The summed E-state index contributed by atoms with van der Waals surface area (Å²) >= 11 is 0. The molecule has 54 heavy (non-hydrogen) atoms. The van der Waals surface area contributed by atoms with Crippen LogP contribution in [0.1, 0.15) is 220 Å². The molecule has 6 nitrogen and oxygen atoms in total. The van der Waals surface area contributed by atoms with Crippen molar-refractivity contribution in [3.63, 3.8) is 0 Å². The van der Waals surface area contributed by atoms with E-state index in [0.717, 1.165) is 50.9 Å². The molecule has 1 N–H and O–H groups in total. The van der Waals surface area contributed by atoms with E-state index in [2.05, 4.69) is 57.2 Å². The molecule has 0 aliphatic carbocycles. The van der Waals surface area contributed by atoms with Gasteiger partial charge >= 0.3 is 11.9 Å². The van der Waals surface area contributed by atoms with Crippen LogP contribution in [0.5, 0.6) is 0 Å². The first kappa shape index (κ1) is 50.1. The van der Waals surface area contributed by atoms with Crippen LogP contribution < -0.4 is 0 Å². The second kappa shape index (κ2) is 38.0. The Hall–Kier alpha value is -1.92. The molecule has 0 aromatic heterocycles. The molecule has 1 heterocycles. The first-order valence-electron chi connectivity index (χ1n) is 23.1. The third-order valence-corrected chi connectivity index (χ3v) is 10.9. The molecular formula is C48H86O6. The fourth-order valence-electron chi connectivity index (χ4n) is 6.91. The summed E-state index contributed by atoms with van der Waals surface area (Å²) in [5, 5.41) is 9.59. The number of ether oxygens (including phenoxy) is 3. The highest BCUT2D eigenvalue weighted by atomic mass is 16.6. The van der Waals surface area contributed by atoms with Crippen LogP contribution in [0, 0.1) is 5.92 Å². The number of rotatable bonds is 40. The zero-order valence-corrected chi connectivity index (χ0v) is 35.6. The van der Waals surface area contributed by atoms with Gasteiger partial charge in [0.05, 0.1) is 18.8 Å². The van der Waals surface area contributed by atoms with Crippen LogP contribution in [-0.2, 0) is 23.8 Å². The summed E-state index contributed by atoms with van der Waals surface area (Å²) in [6.45, 7) is 6.47. The fraction of sp³-hybridized carbons (Fsp3) is 0.833. The van der Waals surface area contributed by atoms with Gasteiger partial charge in [-0.25, -0.2) is 0 Å². The van der Waals surface area contributed by atoms with Crippen molar-refractivity contribution in [2.24, 2.45) is 5.92 Å². The van der Waals surface area contributed by atoms with Crippen LogP contribution in [0.25, 0.3) is 0 Å². The largest absolute Gasteiger partial charge is 0.462 e. The van der Waals surface area contributed by atoms with Gasteiger partial charge in [0.15, 0.2) is 6.10 Å². The Bertz CT molecular complexity index is 941. The van der Waals surface area contributed by atoms with Crippen LogP contribution >= 0.6 is 0 Å². The molecule has 0 saturated carbocycles. The normalized spacial score (nSPS) is 16.8. The molecule has 3 unspecified atom stereocenters. The molecular weight excluding hydrogens is 673 g/mol. The Morgan fingerprint density at radius 1 is 0.611 bits per heavy atom. The maximum atomic E-state index is 12.2. The van der Waals surface area contributed by atoms with Crippen LogP contribution in [0.4, 0.5) is 0 Å². The van der Waals surface area contributed by atoms with E-state index in [1.54, 1.807) is 0 Å². The summed E-state index contributed by atoms with van der Waals surface area (Å²) in [5.74, 6) is 0.258. The fourth-order valence-corrected chi connectivity index (χ4v) is 6.91. The van der Waals surface area contributed by atoms with Crippen molar-refractivity contribution in [3.8, 4) is 0 Å². The predicted octanol–water partition coefficient (Wildman–Crippen LogP) is 13.6. The first-order chi connectivity index (χ1) is 26.5. The molecule has 6 heteroatoms. The van der Waals surface area contributed by atoms with Gasteiger partial charge in [-0.3, -0.25) is 9.59 Å². The van der Waals surface area contributed by atoms with E-state index in [9.17, 15) is 14.7 Å². The second-order valence-electron chi connectivity index (χ2n) is 16.1. The third kappa shape index (κ3) is 33.4. The Kier molecular flexibility index (Phi) is 35.2. The highest BCUT2D eigenvalue weighted by Crippen LogP contribution is 2.30. The van der Waals surface area contributed by atoms with Crippen molar-refractivity contribution in [2.75, 3.05) is 13.2 Å². The summed E-state index contributed by atoms with van der Waals surface area (Å²) in [6.07, 6.45) is 49.7. The molecule has 0 amide bonds. The monoisotopic (exact) mass is 759 g/mol. The van der Waals surface area contributed by atoms with Crippen molar-refractivity contribution in [2.45, 2.75) is 238 Å². The second-order valence-corrected chi connectivity index (χ2v) is 16.1. The van der Waals surface area contributed by atoms with E-state index in [0.29, 0.717) is 31.5 Å². The average molecular weight is 759 g/mol. The molecule has 1 rings (SSSR count). The molecule has 1 aliphatic rings. The van der Waals surface area contributed by atoms with Crippen molar-refractivity contribution in [1.29, 1.82) is 0 Å². The van der Waals surface area contributed by atoms with Crippen molar-refractivity contribution in [3.05, 3.63) is 36.5 Å². The van der Waals surface area contributed by atoms with Crippen molar-refractivity contribution in [1.82, 2.24) is 0 Å². The minimum Gasteiger partial charge on any atom is -0.462 e. The van der Waals surface area contributed by atoms with Crippen LogP contribution in [0.2, 0.25) is 0 Å². The summed E-state index contributed by atoms with van der Waals surface area (Å²) in [4.78, 5) is 24.4. The summed E-state index contributed by atoms with van der Waals surface area (Å²) < 4.78 is 16.3. The number of epoxide rings is 1. The van der Waals surface area contributed by atoms with E-state index >= 15 is 0 Å². The molecule has 4 atom stereocenters. The summed E-state index contributed by atoms with van der Waals surface area (Å²) in [5.41, 5.74) is 0. The van der Waals surface area contributed by atoms with Crippen LogP contribution in [0.15, 0.2) is 36.5 Å². The van der Waals surface area contributed by atoms with E-state index in [1.165, 1.54) is 135 Å². The summed E-state index contributed by atoms with van der Waals surface area (Å²) in [7, 11) is 0. The maximum absolute atomic E-state index is 12.2. The standard InChI is InChI=1S/C48H86O6/c1-4-6-31-37-45-46(54-45)38-33-28-24-20-17-18-21-25-29-34-39-47(50)52-42-44(41-49)53-48(51)40-35-30-26-22-16-14-12-10-8-7-9-11-13-15-19-23-27-32-36-43(3)5-2/h17,20-21,25,28,33,43-46,49H,4-16,18-19,22-24,26-27,29-32,34-42H2,1-3H3/b20-17-,25-21-,33-28-/t43?,44-,45?,46?/m0/s1. The highest BCUT2D eigenvalue weighted by Gasteiger charge is 2.36. The minimum atomic E-state index is -0.795. The smallest absolute Gasteiger partial charge is 0.306 e. The highest BCUT2D eigenvalue weighted by molar-refractivity contribution is 5.70.